The van der Waals surface area contributed by atoms with Crippen molar-refractivity contribution in [3.63, 3.8) is 0 Å². The van der Waals surface area contributed by atoms with Crippen molar-refractivity contribution in [2.24, 2.45) is 16.9 Å². The molecule has 1 saturated heterocycles. The van der Waals surface area contributed by atoms with E-state index in [-0.39, 0.29) is 0 Å². The molecule has 10 heavy (non-hydrogen) atoms. The Morgan fingerprint density at radius 2 is 1.80 bits per heavy atom. The van der Waals surface area contributed by atoms with Gasteiger partial charge in [0.15, 0.2) is 0 Å². The Morgan fingerprint density at radius 1 is 1.20 bits per heavy atom. The van der Waals surface area contributed by atoms with Gasteiger partial charge in [0.1, 0.15) is 0 Å². The summed E-state index contributed by atoms with van der Waals surface area (Å²) in [4.78, 5) is 0. The fourth-order valence-electron chi connectivity index (χ4n) is 2.33. The summed E-state index contributed by atoms with van der Waals surface area (Å²) in [7, 11) is 0. The maximum Gasteiger partial charge on any atom is 0.0391 e. The molecule has 0 N–H and O–H groups in total. The molecule has 0 bridgehead atoms. The van der Waals surface area contributed by atoms with E-state index in [1.165, 1.54) is 32.4 Å². The lowest BCUT2D eigenvalue weighted by Crippen LogP contribution is -2.13. The first-order valence-corrected chi connectivity index (χ1v) is 4.12. The predicted octanol–water partition coefficient (Wildman–Crippen LogP) is 1.33. The minimum Gasteiger partial charge on any atom is -0.297 e. The van der Waals surface area contributed by atoms with Crippen LogP contribution in [0.25, 0.3) is 0 Å². The van der Waals surface area contributed by atoms with Gasteiger partial charge in [-0.2, -0.15) is 5.10 Å². The van der Waals surface area contributed by atoms with Crippen molar-refractivity contribution in [1.82, 2.24) is 5.01 Å². The minimum absolute atomic E-state index is 0.950. The average molecular weight is 138 g/mol. The molecule has 2 atom stereocenters. The fourth-order valence-corrected chi connectivity index (χ4v) is 2.33. The summed E-state index contributed by atoms with van der Waals surface area (Å²) in [5.41, 5.74) is 0. The molecule has 2 heteroatoms. The summed E-state index contributed by atoms with van der Waals surface area (Å²) in [6.07, 6.45) is 4.30. The van der Waals surface area contributed by atoms with E-state index in [0.29, 0.717) is 0 Å². The quantitative estimate of drug-likeness (QED) is 0.499. The van der Waals surface area contributed by atoms with Crippen LogP contribution in [0.3, 0.4) is 0 Å². The van der Waals surface area contributed by atoms with E-state index in [2.05, 4.69) is 16.8 Å². The normalized spacial score (nSPS) is 38.2. The predicted molar refractivity (Wildman–Crippen MR) is 42.0 cm³/mol. The highest BCUT2D eigenvalue weighted by atomic mass is 15.5. The van der Waals surface area contributed by atoms with Gasteiger partial charge in [0.2, 0.25) is 0 Å². The van der Waals surface area contributed by atoms with Gasteiger partial charge in [-0.15, -0.1) is 0 Å². The molecule has 1 saturated carbocycles. The lowest BCUT2D eigenvalue weighted by Gasteiger charge is -2.10. The van der Waals surface area contributed by atoms with Gasteiger partial charge in [-0.1, -0.05) is 6.42 Å². The molecule has 2 rings (SSSR count). The van der Waals surface area contributed by atoms with Gasteiger partial charge in [0, 0.05) is 19.8 Å². The number of nitrogens with zero attached hydrogens (tertiary/aromatic N) is 2. The molecule has 56 valence electrons. The maximum atomic E-state index is 3.95. The Labute approximate surface area is 61.9 Å². The molecule has 2 nitrogen and oxygen atoms in total. The summed E-state index contributed by atoms with van der Waals surface area (Å²) in [6, 6.07) is 0. The molecule has 1 aliphatic heterocycles. The molecule has 0 aromatic rings. The SMILES string of the molecule is C=NN1C[C@H]2CCC[C@H]2C1. The van der Waals surface area contributed by atoms with Crippen molar-refractivity contribution in [2.45, 2.75) is 19.3 Å². The fraction of sp³-hybridized carbons (Fsp3) is 0.875. The van der Waals surface area contributed by atoms with E-state index in [0.717, 1.165) is 11.8 Å². The third-order valence-corrected chi connectivity index (χ3v) is 2.91. The van der Waals surface area contributed by atoms with Crippen molar-refractivity contribution in [2.75, 3.05) is 13.1 Å². The number of hydrogen-bond donors (Lipinski definition) is 0. The van der Waals surface area contributed by atoms with Crippen LogP contribution in [-0.2, 0) is 0 Å². The Kier molecular flexibility index (Phi) is 1.40. The van der Waals surface area contributed by atoms with E-state index in [4.69, 9.17) is 0 Å². The van der Waals surface area contributed by atoms with Gasteiger partial charge in [-0.05, 0) is 24.7 Å². The largest absolute Gasteiger partial charge is 0.297 e. The Morgan fingerprint density at radius 3 is 2.30 bits per heavy atom. The molecule has 0 spiro atoms. The molecular formula is C8H14N2. The zero-order valence-corrected chi connectivity index (χ0v) is 6.29. The van der Waals surface area contributed by atoms with E-state index in [9.17, 15) is 0 Å². The average Bonchev–Trinajstić information content (AvgIpc) is 2.42. The van der Waals surface area contributed by atoms with E-state index in [1.54, 1.807) is 0 Å². The van der Waals surface area contributed by atoms with Crippen molar-refractivity contribution in [1.29, 1.82) is 0 Å². The van der Waals surface area contributed by atoms with Gasteiger partial charge < -0.3 is 0 Å². The highest BCUT2D eigenvalue weighted by Crippen LogP contribution is 2.37. The molecule has 2 aliphatic rings. The molecule has 0 aromatic carbocycles. The van der Waals surface area contributed by atoms with Crippen LogP contribution in [0.5, 0.6) is 0 Å². The van der Waals surface area contributed by atoms with E-state index < -0.39 is 0 Å². The van der Waals surface area contributed by atoms with Gasteiger partial charge in [-0.25, -0.2) is 0 Å². The highest BCUT2D eigenvalue weighted by Gasteiger charge is 2.35. The molecule has 0 amide bonds. The molecular weight excluding hydrogens is 124 g/mol. The van der Waals surface area contributed by atoms with Crippen molar-refractivity contribution < 1.29 is 0 Å². The summed E-state index contributed by atoms with van der Waals surface area (Å²) < 4.78 is 0. The van der Waals surface area contributed by atoms with Crippen LogP contribution in [0.2, 0.25) is 0 Å². The summed E-state index contributed by atoms with van der Waals surface area (Å²) >= 11 is 0. The first kappa shape index (κ1) is 6.20. The van der Waals surface area contributed by atoms with Crippen molar-refractivity contribution >= 4 is 6.72 Å². The van der Waals surface area contributed by atoms with Gasteiger partial charge >= 0.3 is 0 Å². The summed E-state index contributed by atoms with van der Waals surface area (Å²) in [5.74, 6) is 1.90. The topological polar surface area (TPSA) is 15.6 Å². The number of fused-ring (bicyclic) bond motifs is 1. The van der Waals surface area contributed by atoms with Crippen LogP contribution in [0, 0.1) is 11.8 Å². The van der Waals surface area contributed by atoms with Crippen molar-refractivity contribution in [3.05, 3.63) is 0 Å². The number of rotatable bonds is 1. The zero-order chi connectivity index (χ0) is 6.97. The third-order valence-electron chi connectivity index (χ3n) is 2.91. The third kappa shape index (κ3) is 0.825. The standard InChI is InChI=1S/C8H14N2/c1-9-10-5-7-3-2-4-8(7)6-10/h7-8H,1-6H2/t7-,8+. The molecule has 0 aromatic heterocycles. The van der Waals surface area contributed by atoms with Gasteiger partial charge in [0.25, 0.3) is 0 Å². The maximum absolute atomic E-state index is 3.95. The van der Waals surface area contributed by atoms with E-state index >= 15 is 0 Å². The van der Waals surface area contributed by atoms with Crippen LogP contribution >= 0.6 is 0 Å². The van der Waals surface area contributed by atoms with Crippen molar-refractivity contribution in [3.8, 4) is 0 Å². The second-order valence-electron chi connectivity index (χ2n) is 3.46. The smallest absolute Gasteiger partial charge is 0.0391 e. The summed E-state index contributed by atoms with van der Waals surface area (Å²) in [6.45, 7) is 5.90. The first-order valence-electron chi connectivity index (χ1n) is 4.12. The van der Waals surface area contributed by atoms with Crippen LogP contribution in [0.1, 0.15) is 19.3 Å². The first-order chi connectivity index (χ1) is 4.90. The molecule has 0 unspecified atom stereocenters. The number of hydrogen-bond acceptors (Lipinski definition) is 2. The Bertz CT molecular complexity index is 132. The molecule has 1 aliphatic carbocycles. The number of hydrazone groups is 1. The Hall–Kier alpha value is -0.530. The second kappa shape index (κ2) is 2.26. The van der Waals surface area contributed by atoms with Gasteiger partial charge in [0.05, 0.1) is 0 Å². The van der Waals surface area contributed by atoms with Crippen LogP contribution in [0.4, 0.5) is 0 Å². The van der Waals surface area contributed by atoms with Crippen LogP contribution in [-0.4, -0.2) is 24.8 Å². The second-order valence-corrected chi connectivity index (χ2v) is 3.46. The molecule has 2 fully saturated rings. The minimum atomic E-state index is 0.950. The lowest BCUT2D eigenvalue weighted by atomic mass is 10.0. The zero-order valence-electron chi connectivity index (χ0n) is 6.29. The Balaban J connectivity index is 1.99. The molecule has 0 radical (unpaired) electrons. The van der Waals surface area contributed by atoms with Crippen LogP contribution < -0.4 is 0 Å². The highest BCUT2D eigenvalue weighted by molar-refractivity contribution is 5.22. The van der Waals surface area contributed by atoms with Gasteiger partial charge in [-0.3, -0.25) is 5.01 Å². The van der Waals surface area contributed by atoms with E-state index in [1.807, 2.05) is 0 Å². The monoisotopic (exact) mass is 138 g/mol. The van der Waals surface area contributed by atoms with Crippen LogP contribution in [0.15, 0.2) is 5.10 Å². The molecule has 1 heterocycles. The summed E-state index contributed by atoms with van der Waals surface area (Å²) in [5, 5.41) is 6.07. The lowest BCUT2D eigenvalue weighted by molar-refractivity contribution is 0.332.